The third kappa shape index (κ3) is 8.77. The average molecular weight is 438 g/mol. The number of carbonyl (C=O) groups excluding carboxylic acids is 1. The quantitative estimate of drug-likeness (QED) is 0.213. The van der Waals surface area contributed by atoms with E-state index in [1.54, 1.807) is 14.0 Å². The molecule has 0 saturated carbocycles. The molecule has 0 aromatic carbocycles. The zero-order chi connectivity index (χ0) is 16.4. The van der Waals surface area contributed by atoms with Crippen molar-refractivity contribution in [2.45, 2.75) is 46.1 Å². The standard InChI is InChI=1S/C15H26N4O3.HI/c1-5-21-14(20)7-6-8-17-15(16-4)18-10-12-9-13(11(2)3)19-22-12;/h9,11H,5-8,10H2,1-4H3,(H2,16,17,18);1H. The predicted molar refractivity (Wildman–Crippen MR) is 100 cm³/mol. The van der Waals surface area contributed by atoms with Gasteiger partial charge in [0, 0.05) is 26.1 Å². The Bertz CT molecular complexity index is 489. The molecule has 0 radical (unpaired) electrons. The second-order valence-corrected chi connectivity index (χ2v) is 5.13. The highest BCUT2D eigenvalue weighted by atomic mass is 127. The molecular formula is C15H27IN4O3. The molecule has 0 atom stereocenters. The summed E-state index contributed by atoms with van der Waals surface area (Å²) >= 11 is 0. The minimum Gasteiger partial charge on any atom is -0.466 e. The lowest BCUT2D eigenvalue weighted by atomic mass is 10.1. The van der Waals surface area contributed by atoms with Gasteiger partial charge in [-0.05, 0) is 19.3 Å². The van der Waals surface area contributed by atoms with Gasteiger partial charge >= 0.3 is 5.97 Å². The number of aliphatic imine (C=N–C) groups is 1. The molecule has 1 aromatic heterocycles. The van der Waals surface area contributed by atoms with E-state index in [0.717, 1.165) is 11.5 Å². The van der Waals surface area contributed by atoms with Crippen LogP contribution in [0, 0.1) is 0 Å². The van der Waals surface area contributed by atoms with Gasteiger partial charge < -0.3 is 19.9 Å². The molecule has 1 aromatic rings. The van der Waals surface area contributed by atoms with Crippen molar-refractivity contribution >= 4 is 35.9 Å². The molecule has 0 amide bonds. The van der Waals surface area contributed by atoms with Crippen molar-refractivity contribution in [3.63, 3.8) is 0 Å². The van der Waals surface area contributed by atoms with Crippen LogP contribution in [0.15, 0.2) is 15.6 Å². The Hall–Kier alpha value is -1.32. The van der Waals surface area contributed by atoms with Crippen LogP contribution in [-0.4, -0.2) is 37.3 Å². The molecule has 1 rings (SSSR count). The number of halogens is 1. The summed E-state index contributed by atoms with van der Waals surface area (Å²) in [4.78, 5) is 15.3. The molecule has 7 nitrogen and oxygen atoms in total. The van der Waals surface area contributed by atoms with Crippen molar-refractivity contribution < 1.29 is 14.1 Å². The number of esters is 1. The van der Waals surface area contributed by atoms with Crippen LogP contribution in [0.2, 0.25) is 0 Å². The molecule has 8 heteroatoms. The van der Waals surface area contributed by atoms with Gasteiger partial charge in [-0.2, -0.15) is 0 Å². The highest BCUT2D eigenvalue weighted by Gasteiger charge is 2.08. The number of hydrogen-bond acceptors (Lipinski definition) is 5. The van der Waals surface area contributed by atoms with Crippen LogP contribution >= 0.6 is 24.0 Å². The first-order chi connectivity index (χ1) is 10.6. The number of rotatable bonds is 8. The first kappa shape index (κ1) is 21.7. The van der Waals surface area contributed by atoms with E-state index in [4.69, 9.17) is 9.26 Å². The lowest BCUT2D eigenvalue weighted by Crippen LogP contribution is -2.37. The molecule has 0 bridgehead atoms. The van der Waals surface area contributed by atoms with Crippen LogP contribution in [0.1, 0.15) is 51.0 Å². The van der Waals surface area contributed by atoms with Crippen LogP contribution in [-0.2, 0) is 16.1 Å². The van der Waals surface area contributed by atoms with Crippen LogP contribution in [0.3, 0.4) is 0 Å². The summed E-state index contributed by atoms with van der Waals surface area (Å²) in [6.07, 6.45) is 1.09. The number of ether oxygens (including phenoxy) is 1. The third-order valence-corrected chi connectivity index (χ3v) is 2.98. The van der Waals surface area contributed by atoms with E-state index in [9.17, 15) is 4.79 Å². The van der Waals surface area contributed by atoms with Gasteiger partial charge in [0.15, 0.2) is 11.7 Å². The normalized spacial score (nSPS) is 11.1. The van der Waals surface area contributed by atoms with Crippen LogP contribution in [0.4, 0.5) is 0 Å². The van der Waals surface area contributed by atoms with Gasteiger partial charge in [-0.1, -0.05) is 19.0 Å². The molecule has 0 aliphatic carbocycles. The fourth-order valence-electron chi connectivity index (χ4n) is 1.75. The molecule has 0 saturated heterocycles. The Morgan fingerprint density at radius 2 is 2.17 bits per heavy atom. The SMILES string of the molecule is CCOC(=O)CCCNC(=NC)NCc1cc(C(C)C)no1.I. The van der Waals surface area contributed by atoms with Crippen molar-refractivity contribution in [2.24, 2.45) is 4.99 Å². The van der Waals surface area contributed by atoms with E-state index in [2.05, 4.69) is 34.6 Å². The van der Waals surface area contributed by atoms with Gasteiger partial charge in [0.25, 0.3) is 0 Å². The number of carbonyl (C=O) groups is 1. The van der Waals surface area contributed by atoms with Gasteiger partial charge in [0.05, 0.1) is 18.8 Å². The Kier molecular flexibility index (Phi) is 11.4. The first-order valence-electron chi connectivity index (χ1n) is 7.62. The Labute approximate surface area is 154 Å². The molecule has 0 fully saturated rings. The second-order valence-electron chi connectivity index (χ2n) is 5.13. The van der Waals surface area contributed by atoms with Gasteiger partial charge in [0.2, 0.25) is 0 Å². The van der Waals surface area contributed by atoms with Gasteiger partial charge in [0.1, 0.15) is 0 Å². The summed E-state index contributed by atoms with van der Waals surface area (Å²) in [6, 6.07) is 1.94. The lowest BCUT2D eigenvalue weighted by Gasteiger charge is -2.10. The number of nitrogens with one attached hydrogen (secondary N) is 2. The fraction of sp³-hybridized carbons (Fsp3) is 0.667. The Morgan fingerprint density at radius 1 is 1.43 bits per heavy atom. The topological polar surface area (TPSA) is 88.8 Å². The zero-order valence-corrected chi connectivity index (χ0v) is 16.5. The maximum atomic E-state index is 11.2. The van der Waals surface area contributed by atoms with E-state index in [-0.39, 0.29) is 29.9 Å². The van der Waals surface area contributed by atoms with Crippen LogP contribution in [0.25, 0.3) is 0 Å². The highest BCUT2D eigenvalue weighted by Crippen LogP contribution is 2.13. The average Bonchev–Trinajstić information content (AvgIpc) is 2.96. The minimum absolute atomic E-state index is 0. The molecule has 132 valence electrons. The number of aromatic nitrogens is 1. The van der Waals surface area contributed by atoms with E-state index in [1.165, 1.54) is 0 Å². The van der Waals surface area contributed by atoms with E-state index >= 15 is 0 Å². The summed E-state index contributed by atoms with van der Waals surface area (Å²) in [5.41, 5.74) is 0.939. The van der Waals surface area contributed by atoms with Crippen molar-refractivity contribution in [3.05, 3.63) is 17.5 Å². The molecule has 0 spiro atoms. The molecule has 0 aliphatic heterocycles. The van der Waals surface area contributed by atoms with Gasteiger partial charge in [-0.15, -0.1) is 24.0 Å². The first-order valence-corrected chi connectivity index (χ1v) is 7.62. The smallest absolute Gasteiger partial charge is 0.305 e. The maximum absolute atomic E-state index is 11.2. The van der Waals surface area contributed by atoms with E-state index in [0.29, 0.717) is 44.4 Å². The highest BCUT2D eigenvalue weighted by molar-refractivity contribution is 14.0. The summed E-state index contributed by atoms with van der Waals surface area (Å²) in [7, 11) is 1.70. The summed E-state index contributed by atoms with van der Waals surface area (Å²) in [5.74, 6) is 1.59. The zero-order valence-electron chi connectivity index (χ0n) is 14.2. The molecule has 0 aliphatic rings. The molecular weight excluding hydrogens is 411 g/mol. The molecule has 0 unspecified atom stereocenters. The number of hydrogen-bond donors (Lipinski definition) is 2. The van der Waals surface area contributed by atoms with Crippen LogP contribution < -0.4 is 10.6 Å². The van der Waals surface area contributed by atoms with Gasteiger partial charge in [-0.3, -0.25) is 9.79 Å². The van der Waals surface area contributed by atoms with E-state index < -0.39 is 0 Å². The Morgan fingerprint density at radius 3 is 2.74 bits per heavy atom. The molecule has 1 heterocycles. The molecule has 23 heavy (non-hydrogen) atoms. The minimum atomic E-state index is -0.171. The van der Waals surface area contributed by atoms with Crippen molar-refractivity contribution in [2.75, 3.05) is 20.2 Å². The summed E-state index contributed by atoms with van der Waals surface area (Å²) < 4.78 is 10.1. The largest absolute Gasteiger partial charge is 0.466 e. The second kappa shape index (κ2) is 12.1. The van der Waals surface area contributed by atoms with E-state index in [1.807, 2.05) is 6.07 Å². The maximum Gasteiger partial charge on any atom is 0.305 e. The fourth-order valence-corrected chi connectivity index (χ4v) is 1.75. The summed E-state index contributed by atoms with van der Waals surface area (Å²) in [6.45, 7) is 7.52. The van der Waals surface area contributed by atoms with Gasteiger partial charge in [-0.25, -0.2) is 0 Å². The van der Waals surface area contributed by atoms with Crippen molar-refractivity contribution in [1.29, 1.82) is 0 Å². The monoisotopic (exact) mass is 438 g/mol. The van der Waals surface area contributed by atoms with Crippen LogP contribution in [0.5, 0.6) is 0 Å². The number of nitrogens with zero attached hydrogens (tertiary/aromatic N) is 2. The van der Waals surface area contributed by atoms with Crippen molar-refractivity contribution in [3.8, 4) is 0 Å². The Balaban J connectivity index is 0.00000484. The third-order valence-electron chi connectivity index (χ3n) is 2.98. The number of guanidine groups is 1. The predicted octanol–water partition coefficient (Wildman–Crippen LogP) is 2.42. The molecule has 2 N–H and O–H groups in total. The summed E-state index contributed by atoms with van der Waals surface area (Å²) in [5, 5.41) is 10.3. The lowest BCUT2D eigenvalue weighted by molar-refractivity contribution is -0.143. The van der Waals surface area contributed by atoms with Crippen molar-refractivity contribution in [1.82, 2.24) is 15.8 Å².